The lowest BCUT2D eigenvalue weighted by atomic mass is 9.92. The highest BCUT2D eigenvalue weighted by Crippen LogP contribution is 2.16. The highest BCUT2D eigenvalue weighted by atomic mass is 16.2. The van der Waals surface area contributed by atoms with Gasteiger partial charge in [0.05, 0.1) is 6.04 Å². The van der Waals surface area contributed by atoms with Crippen LogP contribution >= 0.6 is 0 Å². The molecule has 0 aliphatic rings. The van der Waals surface area contributed by atoms with Crippen molar-refractivity contribution in [1.29, 1.82) is 0 Å². The molecule has 1 unspecified atom stereocenters. The van der Waals surface area contributed by atoms with Crippen LogP contribution in [0.1, 0.15) is 39.2 Å². The minimum Gasteiger partial charge on any atom is -0.355 e. The monoisotopic (exact) mass is 262 g/mol. The summed E-state index contributed by atoms with van der Waals surface area (Å²) in [6.07, 6.45) is 2.49. The average Bonchev–Trinajstić information content (AvgIpc) is 2.35. The van der Waals surface area contributed by atoms with Crippen molar-refractivity contribution in [2.45, 2.75) is 46.1 Å². The number of carbonyl (C=O) groups is 1. The van der Waals surface area contributed by atoms with Gasteiger partial charge < -0.3 is 11.1 Å². The fourth-order valence-corrected chi connectivity index (χ4v) is 1.79. The number of nitrogens with one attached hydrogen (secondary N) is 1. The summed E-state index contributed by atoms with van der Waals surface area (Å²) in [6, 6.07) is 9.70. The molecule has 1 aromatic carbocycles. The van der Waals surface area contributed by atoms with Crippen molar-refractivity contribution >= 4 is 5.91 Å². The molecule has 1 atom stereocenters. The van der Waals surface area contributed by atoms with Gasteiger partial charge in [-0.05, 0) is 30.2 Å². The zero-order valence-corrected chi connectivity index (χ0v) is 12.3. The lowest BCUT2D eigenvalue weighted by molar-refractivity contribution is -0.122. The van der Waals surface area contributed by atoms with Crippen LogP contribution in [0.4, 0.5) is 0 Å². The number of hydrogen-bond acceptors (Lipinski definition) is 2. The molecule has 3 N–H and O–H groups in total. The van der Waals surface area contributed by atoms with E-state index in [1.54, 1.807) is 0 Å². The normalized spacial score (nSPS) is 13.1. The van der Waals surface area contributed by atoms with E-state index in [4.69, 9.17) is 5.73 Å². The number of hydrogen-bond donors (Lipinski definition) is 2. The van der Waals surface area contributed by atoms with Gasteiger partial charge in [0.25, 0.3) is 0 Å². The lowest BCUT2D eigenvalue weighted by Gasteiger charge is -2.19. The van der Waals surface area contributed by atoms with Crippen LogP contribution in [0.15, 0.2) is 30.3 Å². The van der Waals surface area contributed by atoms with Crippen molar-refractivity contribution in [2.75, 3.05) is 6.54 Å². The van der Waals surface area contributed by atoms with Crippen LogP contribution in [-0.2, 0) is 11.2 Å². The number of rotatable bonds is 6. The summed E-state index contributed by atoms with van der Waals surface area (Å²) in [6.45, 7) is 7.18. The molecule has 1 aromatic rings. The molecule has 0 fully saturated rings. The maximum Gasteiger partial charge on any atom is 0.236 e. The first-order valence-corrected chi connectivity index (χ1v) is 6.96. The number of carbonyl (C=O) groups excluding carboxylic acids is 1. The van der Waals surface area contributed by atoms with Crippen LogP contribution in [0.3, 0.4) is 0 Å². The number of benzene rings is 1. The first-order chi connectivity index (χ1) is 8.88. The lowest BCUT2D eigenvalue weighted by Crippen LogP contribution is -2.41. The zero-order chi connectivity index (χ0) is 14.3. The molecule has 0 saturated carbocycles. The van der Waals surface area contributed by atoms with Gasteiger partial charge in [0, 0.05) is 6.54 Å². The number of amides is 1. The molecule has 0 heterocycles. The molecule has 1 amide bonds. The summed E-state index contributed by atoms with van der Waals surface area (Å²) in [4.78, 5) is 11.8. The van der Waals surface area contributed by atoms with Gasteiger partial charge in [-0.25, -0.2) is 0 Å². The van der Waals surface area contributed by atoms with E-state index < -0.39 is 6.04 Å². The van der Waals surface area contributed by atoms with Gasteiger partial charge in [-0.1, -0.05) is 51.1 Å². The van der Waals surface area contributed by atoms with Crippen LogP contribution in [0.2, 0.25) is 0 Å². The van der Waals surface area contributed by atoms with Crippen molar-refractivity contribution in [2.24, 2.45) is 11.1 Å². The molecule has 3 heteroatoms. The van der Waals surface area contributed by atoms with E-state index in [1.165, 1.54) is 5.56 Å². The fraction of sp³-hybridized carbons (Fsp3) is 0.562. The number of aryl methyl sites for hydroxylation is 1. The first-order valence-electron chi connectivity index (χ1n) is 6.96. The zero-order valence-electron chi connectivity index (χ0n) is 12.3. The van der Waals surface area contributed by atoms with Crippen molar-refractivity contribution in [3.63, 3.8) is 0 Å². The summed E-state index contributed by atoms with van der Waals surface area (Å²) < 4.78 is 0. The minimum atomic E-state index is -0.417. The summed E-state index contributed by atoms with van der Waals surface area (Å²) >= 11 is 0. The Morgan fingerprint density at radius 3 is 2.47 bits per heavy atom. The Hall–Kier alpha value is -1.35. The molecule has 1 rings (SSSR count). The highest BCUT2D eigenvalue weighted by Gasteiger charge is 2.15. The maximum atomic E-state index is 11.8. The van der Waals surface area contributed by atoms with Gasteiger partial charge in [-0.15, -0.1) is 0 Å². The minimum absolute atomic E-state index is 0.0415. The van der Waals surface area contributed by atoms with Crippen LogP contribution < -0.4 is 11.1 Å². The Kier molecular flexibility index (Phi) is 6.03. The molecular formula is C16H26N2O. The van der Waals surface area contributed by atoms with Crippen LogP contribution in [-0.4, -0.2) is 18.5 Å². The summed E-state index contributed by atoms with van der Waals surface area (Å²) in [5.74, 6) is -0.0415. The Bertz CT molecular complexity index is 381. The largest absolute Gasteiger partial charge is 0.355 e. The molecule has 0 saturated heterocycles. The van der Waals surface area contributed by atoms with Crippen LogP contribution in [0.5, 0.6) is 0 Å². The van der Waals surface area contributed by atoms with E-state index >= 15 is 0 Å². The topological polar surface area (TPSA) is 55.1 Å². The summed E-state index contributed by atoms with van der Waals surface area (Å²) in [7, 11) is 0. The van der Waals surface area contributed by atoms with Crippen molar-refractivity contribution in [3.05, 3.63) is 35.9 Å². The molecule has 19 heavy (non-hydrogen) atoms. The third-order valence-corrected chi connectivity index (χ3v) is 3.10. The van der Waals surface area contributed by atoms with E-state index in [0.29, 0.717) is 13.0 Å². The Balaban J connectivity index is 2.25. The summed E-state index contributed by atoms with van der Waals surface area (Å²) in [5.41, 5.74) is 7.36. The van der Waals surface area contributed by atoms with Gasteiger partial charge in [0.15, 0.2) is 0 Å². The van der Waals surface area contributed by atoms with E-state index in [1.807, 2.05) is 18.2 Å². The molecule has 0 bridgehead atoms. The second kappa shape index (κ2) is 7.29. The quantitative estimate of drug-likeness (QED) is 0.827. The first kappa shape index (κ1) is 15.7. The van der Waals surface area contributed by atoms with E-state index in [-0.39, 0.29) is 11.3 Å². The Morgan fingerprint density at radius 2 is 1.89 bits per heavy atom. The molecule has 0 radical (unpaired) electrons. The fourth-order valence-electron chi connectivity index (χ4n) is 1.79. The van der Waals surface area contributed by atoms with Crippen LogP contribution in [0, 0.1) is 5.41 Å². The van der Waals surface area contributed by atoms with E-state index in [0.717, 1.165) is 12.8 Å². The molecule has 106 valence electrons. The van der Waals surface area contributed by atoms with E-state index in [2.05, 4.69) is 38.2 Å². The molecule has 0 aromatic heterocycles. The van der Waals surface area contributed by atoms with Gasteiger partial charge in [-0.3, -0.25) is 4.79 Å². The highest BCUT2D eigenvalue weighted by molar-refractivity contribution is 5.81. The summed E-state index contributed by atoms with van der Waals surface area (Å²) in [5, 5.41) is 2.91. The van der Waals surface area contributed by atoms with Crippen LogP contribution in [0.25, 0.3) is 0 Å². The molecule has 0 aliphatic carbocycles. The van der Waals surface area contributed by atoms with Gasteiger partial charge in [0.1, 0.15) is 0 Å². The van der Waals surface area contributed by atoms with Crippen molar-refractivity contribution in [1.82, 2.24) is 5.32 Å². The molecule has 0 aliphatic heterocycles. The SMILES string of the molecule is CC(C)(C)CCNC(=O)C(N)CCc1ccccc1. The predicted octanol–water partition coefficient (Wildman–Crippen LogP) is 2.50. The van der Waals surface area contributed by atoms with Crippen molar-refractivity contribution in [3.8, 4) is 0 Å². The van der Waals surface area contributed by atoms with Crippen molar-refractivity contribution < 1.29 is 4.79 Å². The molecule has 0 spiro atoms. The smallest absolute Gasteiger partial charge is 0.236 e. The van der Waals surface area contributed by atoms with E-state index in [9.17, 15) is 4.79 Å². The third kappa shape index (κ3) is 6.97. The standard InChI is InChI=1S/C16H26N2O/c1-16(2,3)11-12-18-15(19)14(17)10-9-13-7-5-4-6-8-13/h4-8,14H,9-12,17H2,1-3H3,(H,18,19). The molecular weight excluding hydrogens is 236 g/mol. The Labute approximate surface area is 116 Å². The molecule has 3 nitrogen and oxygen atoms in total. The maximum absolute atomic E-state index is 11.8. The number of nitrogens with two attached hydrogens (primary N) is 1. The third-order valence-electron chi connectivity index (χ3n) is 3.10. The van der Waals surface area contributed by atoms with Gasteiger partial charge in [-0.2, -0.15) is 0 Å². The Morgan fingerprint density at radius 1 is 1.26 bits per heavy atom. The second-order valence-electron chi connectivity index (χ2n) is 6.23. The second-order valence-corrected chi connectivity index (χ2v) is 6.23. The van der Waals surface area contributed by atoms with Gasteiger partial charge in [0.2, 0.25) is 5.91 Å². The van der Waals surface area contributed by atoms with Gasteiger partial charge >= 0.3 is 0 Å². The average molecular weight is 262 g/mol. The predicted molar refractivity (Wildman–Crippen MR) is 79.8 cm³/mol.